The smallest absolute Gasteiger partial charge is 0.336 e. The van der Waals surface area contributed by atoms with E-state index in [9.17, 15) is 15.0 Å². The molecule has 178 valence electrons. The van der Waals surface area contributed by atoms with Gasteiger partial charge in [0, 0.05) is 5.92 Å². The van der Waals surface area contributed by atoms with Gasteiger partial charge in [0.15, 0.2) is 11.5 Å². The van der Waals surface area contributed by atoms with Crippen molar-refractivity contribution in [1.29, 1.82) is 0 Å². The number of ether oxygens (including phenoxy) is 4. The van der Waals surface area contributed by atoms with Crippen molar-refractivity contribution in [2.24, 2.45) is 5.92 Å². The zero-order valence-corrected chi connectivity index (χ0v) is 19.5. The number of hydrogen-bond acceptors (Lipinski definition) is 7. The minimum Gasteiger partial charge on any atom is -0.497 e. The monoisotopic (exact) mass is 456 g/mol. The van der Waals surface area contributed by atoms with E-state index in [1.54, 1.807) is 52.5 Å². The van der Waals surface area contributed by atoms with E-state index in [-0.39, 0.29) is 12.2 Å². The summed E-state index contributed by atoms with van der Waals surface area (Å²) in [5.41, 5.74) is 1.76. The van der Waals surface area contributed by atoms with Gasteiger partial charge in [0.1, 0.15) is 5.75 Å². The topological polar surface area (TPSA) is 94.5 Å². The van der Waals surface area contributed by atoms with Gasteiger partial charge in [0.05, 0.1) is 46.2 Å². The lowest BCUT2D eigenvalue weighted by Gasteiger charge is -2.22. The SMILES string of the molecule is CC=C(CO)C(=O)OC[C@H](CC=Cc1ccc(OC)c(OC)c1)[C@H](O)c1ccc(OC)cc1. The standard InChI is InChI=1S/C26H32O7/c1-5-19(16-27)26(29)33-17-21(25(28)20-10-12-22(30-2)13-11-20)8-6-7-18-9-14-23(31-3)24(15-18)32-4/h5-7,9-15,21,25,27-28H,8,16-17H2,1-4H3/t21-,25+/m0/s1. The molecule has 0 aliphatic carbocycles. The molecule has 0 amide bonds. The minimum atomic E-state index is -0.873. The van der Waals surface area contributed by atoms with Crippen LogP contribution in [0.25, 0.3) is 6.08 Å². The van der Waals surface area contributed by atoms with Crippen LogP contribution < -0.4 is 14.2 Å². The van der Waals surface area contributed by atoms with Gasteiger partial charge in [0.2, 0.25) is 0 Å². The predicted molar refractivity (Wildman–Crippen MR) is 126 cm³/mol. The van der Waals surface area contributed by atoms with Gasteiger partial charge in [-0.25, -0.2) is 4.79 Å². The Morgan fingerprint density at radius 3 is 2.27 bits per heavy atom. The fraction of sp³-hybridized carbons (Fsp3) is 0.346. The lowest BCUT2D eigenvalue weighted by molar-refractivity contribution is -0.142. The van der Waals surface area contributed by atoms with E-state index in [1.807, 2.05) is 30.4 Å². The second-order valence-electron chi connectivity index (χ2n) is 7.30. The van der Waals surface area contributed by atoms with Gasteiger partial charge in [-0.1, -0.05) is 36.4 Å². The van der Waals surface area contributed by atoms with Crippen LogP contribution in [0.5, 0.6) is 17.2 Å². The number of allylic oxidation sites excluding steroid dienone is 2. The van der Waals surface area contributed by atoms with Gasteiger partial charge >= 0.3 is 5.97 Å². The molecular formula is C26H32O7. The lowest BCUT2D eigenvalue weighted by atomic mass is 9.93. The Morgan fingerprint density at radius 2 is 1.70 bits per heavy atom. The Bertz CT molecular complexity index is 948. The molecule has 0 saturated heterocycles. The van der Waals surface area contributed by atoms with Crippen molar-refractivity contribution < 1.29 is 34.0 Å². The third-order valence-corrected chi connectivity index (χ3v) is 5.27. The average molecular weight is 457 g/mol. The molecule has 0 aliphatic rings. The van der Waals surface area contributed by atoms with Gasteiger partial charge in [0.25, 0.3) is 0 Å². The quantitative estimate of drug-likeness (QED) is 0.369. The molecule has 0 aromatic heterocycles. The zero-order chi connectivity index (χ0) is 24.2. The van der Waals surface area contributed by atoms with Crippen LogP contribution in [0.15, 0.2) is 60.2 Å². The molecule has 2 atom stereocenters. The number of aliphatic hydroxyl groups is 2. The Morgan fingerprint density at radius 1 is 1.00 bits per heavy atom. The first-order chi connectivity index (χ1) is 16.0. The van der Waals surface area contributed by atoms with Gasteiger partial charge < -0.3 is 29.2 Å². The number of hydrogen-bond donors (Lipinski definition) is 2. The number of benzene rings is 2. The molecule has 0 heterocycles. The van der Waals surface area contributed by atoms with Crippen molar-refractivity contribution in [2.75, 3.05) is 34.5 Å². The van der Waals surface area contributed by atoms with Crippen molar-refractivity contribution in [1.82, 2.24) is 0 Å². The molecule has 7 heteroatoms. The molecular weight excluding hydrogens is 424 g/mol. The summed E-state index contributed by atoms with van der Waals surface area (Å²) < 4.78 is 21.2. The van der Waals surface area contributed by atoms with Crippen LogP contribution in [-0.2, 0) is 9.53 Å². The highest BCUT2D eigenvalue weighted by Crippen LogP contribution is 2.30. The molecule has 2 aromatic rings. The fourth-order valence-electron chi connectivity index (χ4n) is 3.25. The van der Waals surface area contributed by atoms with Crippen molar-refractivity contribution in [3.8, 4) is 17.2 Å². The summed E-state index contributed by atoms with van der Waals surface area (Å²) in [6.45, 7) is 1.24. The first-order valence-electron chi connectivity index (χ1n) is 10.6. The van der Waals surface area contributed by atoms with E-state index in [4.69, 9.17) is 18.9 Å². The summed E-state index contributed by atoms with van der Waals surface area (Å²) in [4.78, 5) is 12.2. The summed E-state index contributed by atoms with van der Waals surface area (Å²) in [5, 5.41) is 20.3. The minimum absolute atomic E-state index is 0.0142. The van der Waals surface area contributed by atoms with E-state index in [1.165, 1.54) is 6.08 Å². The molecule has 0 unspecified atom stereocenters. The van der Waals surface area contributed by atoms with E-state index in [0.29, 0.717) is 29.2 Å². The van der Waals surface area contributed by atoms with E-state index in [2.05, 4.69) is 0 Å². The molecule has 0 spiro atoms. The Labute approximate surface area is 194 Å². The third kappa shape index (κ3) is 7.37. The second-order valence-corrected chi connectivity index (χ2v) is 7.30. The van der Waals surface area contributed by atoms with Crippen LogP contribution >= 0.6 is 0 Å². The van der Waals surface area contributed by atoms with E-state index < -0.39 is 24.6 Å². The molecule has 0 fully saturated rings. The fourth-order valence-corrected chi connectivity index (χ4v) is 3.25. The lowest BCUT2D eigenvalue weighted by Crippen LogP contribution is -2.22. The number of aliphatic hydroxyl groups excluding tert-OH is 2. The Hall–Kier alpha value is -3.29. The number of carbonyl (C=O) groups excluding carboxylic acids is 1. The normalized spacial score (nSPS) is 13.5. The molecule has 0 aliphatic heterocycles. The van der Waals surface area contributed by atoms with Crippen molar-refractivity contribution >= 4 is 12.0 Å². The Kier molecular flexibility index (Phi) is 10.5. The van der Waals surface area contributed by atoms with E-state index >= 15 is 0 Å². The summed E-state index contributed by atoms with van der Waals surface area (Å²) in [5.74, 6) is 0.929. The van der Waals surface area contributed by atoms with E-state index in [0.717, 1.165) is 5.56 Å². The highest BCUT2D eigenvalue weighted by atomic mass is 16.5. The van der Waals surface area contributed by atoms with Crippen LogP contribution in [0.2, 0.25) is 0 Å². The van der Waals surface area contributed by atoms with Crippen LogP contribution in [-0.4, -0.2) is 50.7 Å². The van der Waals surface area contributed by atoms with Gasteiger partial charge in [-0.15, -0.1) is 0 Å². The molecule has 0 radical (unpaired) electrons. The molecule has 2 aromatic carbocycles. The number of esters is 1. The largest absolute Gasteiger partial charge is 0.497 e. The predicted octanol–water partition coefficient (Wildman–Crippen LogP) is 3.95. The highest BCUT2D eigenvalue weighted by Gasteiger charge is 2.23. The van der Waals surface area contributed by atoms with Gasteiger partial charge in [-0.05, 0) is 48.7 Å². The maximum Gasteiger partial charge on any atom is 0.336 e. The van der Waals surface area contributed by atoms with Crippen molar-refractivity contribution in [3.63, 3.8) is 0 Å². The molecule has 0 saturated carbocycles. The van der Waals surface area contributed by atoms with Crippen LogP contribution in [0, 0.1) is 5.92 Å². The maximum atomic E-state index is 12.2. The molecule has 2 rings (SSSR count). The van der Waals surface area contributed by atoms with Crippen molar-refractivity contribution in [2.45, 2.75) is 19.4 Å². The van der Waals surface area contributed by atoms with Crippen LogP contribution in [0.1, 0.15) is 30.6 Å². The Balaban J connectivity index is 2.18. The molecule has 33 heavy (non-hydrogen) atoms. The maximum absolute atomic E-state index is 12.2. The highest BCUT2D eigenvalue weighted by molar-refractivity contribution is 5.88. The number of carbonyl (C=O) groups is 1. The summed E-state index contributed by atoms with van der Waals surface area (Å²) in [6.07, 6.45) is 4.90. The van der Waals surface area contributed by atoms with Crippen LogP contribution in [0.3, 0.4) is 0 Å². The number of methoxy groups -OCH3 is 3. The molecule has 7 nitrogen and oxygen atoms in total. The molecule has 0 bridgehead atoms. The second kappa shape index (κ2) is 13.3. The summed E-state index contributed by atoms with van der Waals surface area (Å²) >= 11 is 0. The van der Waals surface area contributed by atoms with Crippen molar-refractivity contribution in [3.05, 3.63) is 71.3 Å². The van der Waals surface area contributed by atoms with Crippen LogP contribution in [0.4, 0.5) is 0 Å². The van der Waals surface area contributed by atoms with Gasteiger partial charge in [-0.2, -0.15) is 0 Å². The molecule has 2 N–H and O–H groups in total. The first kappa shape index (κ1) is 26.0. The first-order valence-corrected chi connectivity index (χ1v) is 10.6. The third-order valence-electron chi connectivity index (χ3n) is 5.27. The van der Waals surface area contributed by atoms with Gasteiger partial charge in [-0.3, -0.25) is 0 Å². The number of rotatable bonds is 12. The average Bonchev–Trinajstić information content (AvgIpc) is 2.86. The summed E-state index contributed by atoms with van der Waals surface area (Å²) in [7, 11) is 4.73. The zero-order valence-electron chi connectivity index (χ0n) is 19.5. The summed E-state index contributed by atoms with van der Waals surface area (Å²) in [6, 6.07) is 12.7.